The number of carbonyl (C=O) groups is 1. The monoisotopic (exact) mass is 220 g/mol. The van der Waals surface area contributed by atoms with E-state index >= 15 is 0 Å². The van der Waals surface area contributed by atoms with Gasteiger partial charge in [-0.25, -0.2) is 9.97 Å². The molecule has 5 nitrogen and oxygen atoms in total. The summed E-state index contributed by atoms with van der Waals surface area (Å²) in [7, 11) is 1.91. The van der Waals surface area contributed by atoms with Crippen molar-refractivity contribution in [1.29, 1.82) is 0 Å². The Hall–Kier alpha value is -1.49. The standard InChI is InChI=1S/C11H16N4O/c1-12-7-10-3-2-4-15(10)11(16)9-5-13-8-14-6-9/h5-6,8,10,12H,2-4,7H2,1H3. The Labute approximate surface area is 94.9 Å². The zero-order chi connectivity index (χ0) is 11.4. The van der Waals surface area contributed by atoms with Crippen LogP contribution in [0.3, 0.4) is 0 Å². The molecular weight excluding hydrogens is 204 g/mol. The van der Waals surface area contributed by atoms with Crippen molar-refractivity contribution < 1.29 is 4.79 Å². The van der Waals surface area contributed by atoms with Crippen LogP contribution >= 0.6 is 0 Å². The molecule has 0 aromatic carbocycles. The first-order valence-electron chi connectivity index (χ1n) is 5.53. The van der Waals surface area contributed by atoms with E-state index in [1.807, 2.05) is 11.9 Å². The molecule has 1 atom stereocenters. The number of rotatable bonds is 3. The Kier molecular flexibility index (Phi) is 3.46. The first kappa shape index (κ1) is 11.0. The molecule has 1 saturated heterocycles. The van der Waals surface area contributed by atoms with Crippen molar-refractivity contribution in [2.75, 3.05) is 20.1 Å². The molecule has 1 N–H and O–H groups in total. The molecule has 0 saturated carbocycles. The minimum atomic E-state index is 0.0401. The minimum absolute atomic E-state index is 0.0401. The highest BCUT2D eigenvalue weighted by Crippen LogP contribution is 2.18. The Morgan fingerprint density at radius 3 is 3.00 bits per heavy atom. The van der Waals surface area contributed by atoms with Crippen molar-refractivity contribution in [1.82, 2.24) is 20.2 Å². The molecule has 1 aromatic rings. The summed E-state index contributed by atoms with van der Waals surface area (Å²) in [5.74, 6) is 0.0401. The van der Waals surface area contributed by atoms with Gasteiger partial charge in [0, 0.05) is 31.5 Å². The number of hydrogen-bond acceptors (Lipinski definition) is 4. The van der Waals surface area contributed by atoms with E-state index in [2.05, 4.69) is 15.3 Å². The van der Waals surface area contributed by atoms with E-state index in [0.717, 1.165) is 25.9 Å². The molecule has 5 heteroatoms. The van der Waals surface area contributed by atoms with Gasteiger partial charge in [0.25, 0.3) is 5.91 Å². The first-order chi connectivity index (χ1) is 7.83. The van der Waals surface area contributed by atoms with Gasteiger partial charge >= 0.3 is 0 Å². The molecule has 0 aliphatic carbocycles. The van der Waals surface area contributed by atoms with Crippen LogP contribution in [-0.2, 0) is 0 Å². The third-order valence-electron chi connectivity index (χ3n) is 2.89. The van der Waals surface area contributed by atoms with Crippen molar-refractivity contribution in [3.63, 3.8) is 0 Å². The van der Waals surface area contributed by atoms with Gasteiger partial charge in [0.2, 0.25) is 0 Å². The summed E-state index contributed by atoms with van der Waals surface area (Å²) in [6, 6.07) is 0.303. The largest absolute Gasteiger partial charge is 0.334 e. The maximum Gasteiger partial charge on any atom is 0.257 e. The van der Waals surface area contributed by atoms with Gasteiger partial charge in [-0.2, -0.15) is 0 Å². The molecule has 2 rings (SSSR count). The Morgan fingerprint density at radius 1 is 1.56 bits per heavy atom. The van der Waals surface area contributed by atoms with Crippen LogP contribution in [0.1, 0.15) is 23.2 Å². The van der Waals surface area contributed by atoms with Crippen LogP contribution in [0.15, 0.2) is 18.7 Å². The molecule has 86 valence electrons. The SMILES string of the molecule is CNCC1CCCN1C(=O)c1cncnc1. The predicted molar refractivity (Wildman–Crippen MR) is 60.0 cm³/mol. The van der Waals surface area contributed by atoms with Crippen LogP contribution in [0.5, 0.6) is 0 Å². The Balaban J connectivity index is 2.09. The smallest absolute Gasteiger partial charge is 0.257 e. The van der Waals surface area contributed by atoms with Crippen molar-refractivity contribution in [2.24, 2.45) is 0 Å². The van der Waals surface area contributed by atoms with E-state index in [9.17, 15) is 4.79 Å². The molecule has 0 radical (unpaired) electrons. The van der Waals surface area contributed by atoms with E-state index in [1.165, 1.54) is 6.33 Å². The third-order valence-corrected chi connectivity index (χ3v) is 2.89. The second kappa shape index (κ2) is 5.03. The average Bonchev–Trinajstić information content (AvgIpc) is 2.78. The molecule has 1 unspecified atom stereocenters. The number of carbonyl (C=O) groups excluding carboxylic acids is 1. The lowest BCUT2D eigenvalue weighted by molar-refractivity contribution is 0.0736. The number of nitrogens with one attached hydrogen (secondary N) is 1. The third kappa shape index (κ3) is 2.19. The summed E-state index contributed by atoms with van der Waals surface area (Å²) in [4.78, 5) is 21.8. The summed E-state index contributed by atoms with van der Waals surface area (Å²) < 4.78 is 0. The van der Waals surface area contributed by atoms with Crippen LogP contribution in [0.25, 0.3) is 0 Å². The molecule has 16 heavy (non-hydrogen) atoms. The summed E-state index contributed by atoms with van der Waals surface area (Å²) in [5, 5.41) is 3.12. The Bertz CT molecular complexity index is 354. The van der Waals surface area contributed by atoms with Gasteiger partial charge in [-0.15, -0.1) is 0 Å². The van der Waals surface area contributed by atoms with Gasteiger partial charge in [0.15, 0.2) is 0 Å². The molecule has 1 amide bonds. The van der Waals surface area contributed by atoms with E-state index in [4.69, 9.17) is 0 Å². The molecule has 2 heterocycles. The topological polar surface area (TPSA) is 58.1 Å². The van der Waals surface area contributed by atoms with Crippen LogP contribution in [0, 0.1) is 0 Å². The zero-order valence-electron chi connectivity index (χ0n) is 9.39. The normalized spacial score (nSPS) is 20.1. The average molecular weight is 220 g/mol. The fraction of sp³-hybridized carbons (Fsp3) is 0.545. The number of nitrogens with zero attached hydrogens (tertiary/aromatic N) is 3. The highest BCUT2D eigenvalue weighted by Gasteiger charge is 2.28. The van der Waals surface area contributed by atoms with Gasteiger partial charge in [-0.05, 0) is 19.9 Å². The second-order valence-electron chi connectivity index (χ2n) is 3.98. The van der Waals surface area contributed by atoms with E-state index in [1.54, 1.807) is 12.4 Å². The number of aromatic nitrogens is 2. The van der Waals surface area contributed by atoms with E-state index in [0.29, 0.717) is 11.6 Å². The van der Waals surface area contributed by atoms with Gasteiger partial charge in [-0.3, -0.25) is 4.79 Å². The minimum Gasteiger partial charge on any atom is -0.334 e. The predicted octanol–water partition coefficient (Wildman–Crippen LogP) is 0.301. The molecular formula is C11H16N4O. The molecule has 0 bridgehead atoms. The van der Waals surface area contributed by atoms with Gasteiger partial charge in [0.05, 0.1) is 5.56 Å². The van der Waals surface area contributed by atoms with Crippen LogP contribution in [-0.4, -0.2) is 47.0 Å². The molecule has 1 aliphatic heterocycles. The molecule has 0 spiro atoms. The lowest BCUT2D eigenvalue weighted by atomic mass is 10.2. The summed E-state index contributed by atoms with van der Waals surface area (Å²) in [5.41, 5.74) is 0.575. The highest BCUT2D eigenvalue weighted by atomic mass is 16.2. The number of hydrogen-bond donors (Lipinski definition) is 1. The molecule has 1 aliphatic rings. The van der Waals surface area contributed by atoms with Crippen LogP contribution in [0.2, 0.25) is 0 Å². The van der Waals surface area contributed by atoms with Crippen LogP contribution < -0.4 is 5.32 Å². The number of amides is 1. The van der Waals surface area contributed by atoms with Crippen molar-refractivity contribution in [3.05, 3.63) is 24.3 Å². The maximum atomic E-state index is 12.2. The van der Waals surface area contributed by atoms with Crippen molar-refractivity contribution in [2.45, 2.75) is 18.9 Å². The van der Waals surface area contributed by atoms with Crippen molar-refractivity contribution in [3.8, 4) is 0 Å². The van der Waals surface area contributed by atoms with E-state index in [-0.39, 0.29) is 5.91 Å². The molecule has 1 aromatic heterocycles. The lowest BCUT2D eigenvalue weighted by Crippen LogP contribution is -2.40. The summed E-state index contributed by atoms with van der Waals surface area (Å²) in [6.45, 7) is 1.68. The van der Waals surface area contributed by atoms with Crippen molar-refractivity contribution >= 4 is 5.91 Å². The van der Waals surface area contributed by atoms with Crippen LogP contribution in [0.4, 0.5) is 0 Å². The van der Waals surface area contributed by atoms with Gasteiger partial charge < -0.3 is 10.2 Å². The fourth-order valence-corrected chi connectivity index (χ4v) is 2.13. The van der Waals surface area contributed by atoms with E-state index < -0.39 is 0 Å². The number of likely N-dealkylation sites (N-methyl/N-ethyl adjacent to an activating group) is 1. The lowest BCUT2D eigenvalue weighted by Gasteiger charge is -2.24. The Morgan fingerprint density at radius 2 is 2.31 bits per heavy atom. The summed E-state index contributed by atoms with van der Waals surface area (Å²) >= 11 is 0. The fourth-order valence-electron chi connectivity index (χ4n) is 2.13. The molecule has 1 fully saturated rings. The summed E-state index contributed by atoms with van der Waals surface area (Å²) in [6.07, 6.45) is 6.73. The van der Waals surface area contributed by atoms with Gasteiger partial charge in [0.1, 0.15) is 6.33 Å². The maximum absolute atomic E-state index is 12.2. The number of likely N-dealkylation sites (tertiary alicyclic amines) is 1. The zero-order valence-corrected chi connectivity index (χ0v) is 9.39. The van der Waals surface area contributed by atoms with Gasteiger partial charge in [-0.1, -0.05) is 0 Å². The first-order valence-corrected chi connectivity index (χ1v) is 5.53. The highest BCUT2D eigenvalue weighted by molar-refractivity contribution is 5.94. The quantitative estimate of drug-likeness (QED) is 0.796. The second-order valence-corrected chi connectivity index (χ2v) is 3.98.